The number of carbonyl (C=O) groups excluding carboxylic acids is 1. The molecule has 6 nitrogen and oxygen atoms in total. The maximum atomic E-state index is 12.9. The van der Waals surface area contributed by atoms with Crippen molar-refractivity contribution >= 4 is 28.2 Å². The van der Waals surface area contributed by atoms with Crippen molar-refractivity contribution in [1.29, 1.82) is 0 Å². The van der Waals surface area contributed by atoms with Gasteiger partial charge in [-0.1, -0.05) is 15.9 Å². The number of hydrogen-bond donors (Lipinski definition) is 2. The van der Waals surface area contributed by atoms with E-state index in [0.717, 1.165) is 52.7 Å². The van der Waals surface area contributed by atoms with E-state index in [1.807, 2.05) is 32.0 Å². The minimum atomic E-state index is -0.331. The second-order valence-electron chi connectivity index (χ2n) is 9.61. The Bertz CT molecular complexity index is 1060. The van der Waals surface area contributed by atoms with E-state index < -0.39 is 0 Å². The van der Waals surface area contributed by atoms with Gasteiger partial charge in [-0.2, -0.15) is 0 Å². The molecule has 1 aromatic heterocycles. The first-order chi connectivity index (χ1) is 14.3. The minimum absolute atomic E-state index is 0.0779. The van der Waals surface area contributed by atoms with Gasteiger partial charge in [0.1, 0.15) is 0 Å². The van der Waals surface area contributed by atoms with E-state index in [4.69, 9.17) is 0 Å². The maximum absolute atomic E-state index is 12.9. The molecule has 4 aliphatic carbocycles. The molecule has 2 amide bonds. The van der Waals surface area contributed by atoms with Crippen LogP contribution in [-0.2, 0) is 0 Å². The van der Waals surface area contributed by atoms with Crippen LogP contribution >= 0.6 is 15.9 Å². The summed E-state index contributed by atoms with van der Waals surface area (Å²) in [6.07, 6.45) is 8.64. The molecule has 6 rings (SSSR count). The van der Waals surface area contributed by atoms with E-state index in [2.05, 4.69) is 31.3 Å². The zero-order valence-corrected chi connectivity index (χ0v) is 19.0. The van der Waals surface area contributed by atoms with Gasteiger partial charge in [0.25, 0.3) is 5.56 Å². The molecule has 1 aromatic carbocycles. The van der Waals surface area contributed by atoms with Crippen LogP contribution in [0.25, 0.3) is 5.69 Å². The second-order valence-corrected chi connectivity index (χ2v) is 10.5. The quantitative estimate of drug-likeness (QED) is 0.640. The summed E-state index contributed by atoms with van der Waals surface area (Å²) in [5.41, 5.74) is 2.60. The number of aryl methyl sites for hydroxylation is 2. The van der Waals surface area contributed by atoms with Crippen LogP contribution in [0.1, 0.15) is 55.3 Å². The number of hydrogen-bond acceptors (Lipinski definition) is 2. The standard InChI is InChI=1S/C23H27BrN4O2/c1-13-5-18(3-4-20(13)24)28-21(29)19(14(2)27-28)12-25-22(30)26-23-9-15-6-16(10-23)8-17(7-15)11-23/h3-5,12,15-17,27H,6-11H2,1-2H3,(H,26,30). The van der Waals surface area contributed by atoms with Crippen molar-refractivity contribution in [2.24, 2.45) is 22.7 Å². The van der Waals surface area contributed by atoms with Crippen molar-refractivity contribution < 1.29 is 4.79 Å². The monoisotopic (exact) mass is 470 g/mol. The number of aromatic nitrogens is 2. The molecule has 4 fully saturated rings. The third kappa shape index (κ3) is 3.47. The Morgan fingerprint density at radius 1 is 1.20 bits per heavy atom. The zero-order valence-electron chi connectivity index (χ0n) is 17.4. The Kier molecular flexibility index (Phi) is 4.76. The van der Waals surface area contributed by atoms with E-state index >= 15 is 0 Å². The van der Waals surface area contributed by atoms with Crippen LogP contribution in [-0.4, -0.2) is 27.6 Å². The lowest BCUT2D eigenvalue weighted by molar-refractivity contribution is -0.0129. The molecule has 30 heavy (non-hydrogen) atoms. The second kappa shape index (κ2) is 7.22. The molecule has 4 saturated carbocycles. The number of carbonyl (C=O) groups is 1. The molecule has 2 aromatic rings. The predicted molar refractivity (Wildman–Crippen MR) is 121 cm³/mol. The summed E-state index contributed by atoms with van der Waals surface area (Å²) < 4.78 is 2.48. The average Bonchev–Trinajstić information content (AvgIpc) is 2.94. The van der Waals surface area contributed by atoms with E-state index in [-0.39, 0.29) is 17.1 Å². The molecule has 0 radical (unpaired) electrons. The van der Waals surface area contributed by atoms with Gasteiger partial charge >= 0.3 is 6.03 Å². The summed E-state index contributed by atoms with van der Waals surface area (Å²) >= 11 is 3.48. The highest BCUT2D eigenvalue weighted by molar-refractivity contribution is 9.10. The van der Waals surface area contributed by atoms with E-state index in [1.54, 1.807) is 0 Å². The van der Waals surface area contributed by atoms with Gasteiger partial charge in [0, 0.05) is 21.9 Å². The largest absolute Gasteiger partial charge is 0.341 e. The number of aromatic amines is 1. The molecule has 0 spiro atoms. The molecule has 2 N–H and O–H groups in total. The molecule has 0 atom stereocenters. The first-order valence-electron chi connectivity index (χ1n) is 10.8. The lowest BCUT2D eigenvalue weighted by Gasteiger charge is -2.56. The fourth-order valence-electron chi connectivity index (χ4n) is 6.31. The zero-order chi connectivity index (χ0) is 21.0. The molecule has 4 aliphatic rings. The van der Waals surface area contributed by atoms with Crippen LogP contribution in [0.3, 0.4) is 0 Å². The number of rotatable bonds is 3. The number of H-pyrrole nitrogens is 1. The van der Waals surface area contributed by atoms with Crippen molar-refractivity contribution in [2.75, 3.05) is 0 Å². The number of halogens is 1. The number of benzene rings is 1. The molecular weight excluding hydrogens is 444 g/mol. The fourth-order valence-corrected chi connectivity index (χ4v) is 6.55. The van der Waals surface area contributed by atoms with Crippen molar-refractivity contribution in [1.82, 2.24) is 15.1 Å². The Hall–Kier alpha value is -2.15. The Morgan fingerprint density at radius 3 is 2.43 bits per heavy atom. The summed E-state index contributed by atoms with van der Waals surface area (Å²) in [5, 5.41) is 6.32. The average molecular weight is 471 g/mol. The van der Waals surface area contributed by atoms with Crippen LogP contribution in [0.5, 0.6) is 0 Å². The van der Waals surface area contributed by atoms with E-state index in [1.165, 1.54) is 30.2 Å². The summed E-state index contributed by atoms with van der Waals surface area (Å²) in [7, 11) is 0. The van der Waals surface area contributed by atoms with Crippen LogP contribution in [0.2, 0.25) is 0 Å². The van der Waals surface area contributed by atoms with Gasteiger partial charge in [-0.3, -0.25) is 9.89 Å². The van der Waals surface area contributed by atoms with Gasteiger partial charge in [-0.25, -0.2) is 14.5 Å². The summed E-state index contributed by atoms with van der Waals surface area (Å²) in [6, 6.07) is 5.39. The Balaban J connectivity index is 1.34. The van der Waals surface area contributed by atoms with E-state index in [9.17, 15) is 9.59 Å². The highest BCUT2D eigenvalue weighted by Gasteiger charge is 2.51. The number of nitrogens with one attached hydrogen (secondary N) is 2. The third-order valence-corrected chi connectivity index (χ3v) is 8.13. The molecule has 1 heterocycles. The smallest absolute Gasteiger partial charge is 0.331 e. The van der Waals surface area contributed by atoms with Crippen LogP contribution in [0, 0.1) is 31.6 Å². The number of urea groups is 1. The van der Waals surface area contributed by atoms with Gasteiger partial charge in [0.2, 0.25) is 0 Å². The first kappa shape index (κ1) is 19.8. The minimum Gasteiger partial charge on any atom is -0.331 e. The van der Waals surface area contributed by atoms with Crippen molar-refractivity contribution in [3.63, 3.8) is 0 Å². The molecule has 0 saturated heterocycles. The lowest BCUT2D eigenvalue weighted by Crippen LogP contribution is -2.59. The molecule has 0 unspecified atom stereocenters. The normalized spacial score (nSPS) is 29.6. The fraction of sp³-hybridized carbons (Fsp3) is 0.522. The summed E-state index contributed by atoms with van der Waals surface area (Å²) in [6.45, 7) is 3.80. The van der Waals surface area contributed by atoms with Gasteiger partial charge in [-0.05, 0) is 93.9 Å². The highest BCUT2D eigenvalue weighted by atomic mass is 79.9. The van der Waals surface area contributed by atoms with Crippen molar-refractivity contribution in [3.05, 3.63) is 49.8 Å². The Labute approximate surface area is 184 Å². The van der Waals surface area contributed by atoms with Gasteiger partial charge in [0.05, 0.1) is 11.3 Å². The first-order valence-corrected chi connectivity index (χ1v) is 11.6. The van der Waals surface area contributed by atoms with Gasteiger partial charge < -0.3 is 5.32 Å². The number of nitrogens with zero attached hydrogens (tertiary/aromatic N) is 2. The van der Waals surface area contributed by atoms with Crippen LogP contribution in [0.15, 0.2) is 32.5 Å². The topological polar surface area (TPSA) is 79.2 Å². The third-order valence-electron chi connectivity index (χ3n) is 7.24. The maximum Gasteiger partial charge on any atom is 0.341 e. The predicted octanol–water partition coefficient (Wildman–Crippen LogP) is 4.64. The molecule has 0 aliphatic heterocycles. The highest BCUT2D eigenvalue weighted by Crippen LogP contribution is 2.55. The van der Waals surface area contributed by atoms with Crippen LogP contribution < -0.4 is 10.9 Å². The molecule has 158 valence electrons. The molecule has 7 heteroatoms. The molecule has 4 bridgehead atoms. The summed E-state index contributed by atoms with van der Waals surface area (Å²) in [4.78, 5) is 29.7. The number of amides is 2. The van der Waals surface area contributed by atoms with E-state index in [0.29, 0.717) is 11.3 Å². The molecular formula is C23H27BrN4O2. The van der Waals surface area contributed by atoms with Gasteiger partial charge in [0.15, 0.2) is 0 Å². The number of aliphatic imine (C=N–C) groups is 1. The Morgan fingerprint density at radius 2 is 1.83 bits per heavy atom. The SMILES string of the molecule is Cc1cc(-n2[nH]c(C)c(C=NC(=O)NC34CC5CC(CC(C5)C3)C4)c2=O)ccc1Br. The lowest BCUT2D eigenvalue weighted by atomic mass is 9.53. The van der Waals surface area contributed by atoms with Gasteiger partial charge in [-0.15, -0.1) is 0 Å². The summed E-state index contributed by atoms with van der Waals surface area (Å²) in [5.74, 6) is 2.28. The van der Waals surface area contributed by atoms with Crippen molar-refractivity contribution in [3.8, 4) is 5.69 Å². The van der Waals surface area contributed by atoms with Crippen molar-refractivity contribution in [2.45, 2.75) is 57.9 Å². The van der Waals surface area contributed by atoms with Crippen LogP contribution in [0.4, 0.5) is 4.79 Å².